The van der Waals surface area contributed by atoms with Gasteiger partial charge in [0.25, 0.3) is 0 Å². The molecule has 0 saturated heterocycles. The predicted molar refractivity (Wildman–Crippen MR) is 95.8 cm³/mol. The second-order valence-electron chi connectivity index (χ2n) is 7.96. The van der Waals surface area contributed by atoms with Crippen LogP contribution in [0.4, 0.5) is 0 Å². The monoisotopic (exact) mass is 295 g/mol. The van der Waals surface area contributed by atoms with Crippen molar-refractivity contribution in [1.82, 2.24) is 5.32 Å². The van der Waals surface area contributed by atoms with Crippen molar-refractivity contribution < 1.29 is 0 Å². The van der Waals surface area contributed by atoms with Crippen LogP contribution in [0.15, 0.2) is 0 Å². The quantitative estimate of drug-likeness (QED) is 0.440. The Morgan fingerprint density at radius 2 is 1.67 bits per heavy atom. The molecule has 1 heteroatoms. The minimum absolute atomic E-state index is 0.547. The zero-order valence-corrected chi connectivity index (χ0v) is 15.3. The summed E-state index contributed by atoms with van der Waals surface area (Å²) in [6.45, 7) is 10.8. The molecule has 0 bridgehead atoms. The van der Waals surface area contributed by atoms with Crippen LogP contribution in [-0.2, 0) is 0 Å². The molecule has 0 heterocycles. The molecule has 0 aliphatic heterocycles. The number of rotatable bonds is 11. The largest absolute Gasteiger partial charge is 0.314 e. The van der Waals surface area contributed by atoms with Crippen LogP contribution >= 0.6 is 0 Å². The van der Waals surface area contributed by atoms with E-state index in [1.165, 1.54) is 83.6 Å². The molecular formula is C20H41N. The van der Waals surface area contributed by atoms with E-state index in [9.17, 15) is 0 Å². The maximum Gasteiger partial charge on any atom is 0.0100 e. The van der Waals surface area contributed by atoms with E-state index in [4.69, 9.17) is 0 Å². The third-order valence-electron chi connectivity index (χ3n) is 5.60. The highest BCUT2D eigenvalue weighted by atomic mass is 14.9. The zero-order valence-electron chi connectivity index (χ0n) is 15.3. The molecule has 0 aromatic heterocycles. The standard InChI is InChI=1S/C20H41N/c1-5-7-8-9-10-11-15-19(21-17-6-2)18-14-12-13-16-20(18,3)4/h18-19,21H,5-17H2,1-4H3. The van der Waals surface area contributed by atoms with E-state index in [0.717, 1.165) is 12.0 Å². The normalized spacial score (nSPS) is 23.1. The van der Waals surface area contributed by atoms with Crippen molar-refractivity contribution in [2.45, 2.75) is 111 Å². The number of unbranched alkanes of at least 4 members (excludes halogenated alkanes) is 5. The van der Waals surface area contributed by atoms with Crippen LogP contribution in [-0.4, -0.2) is 12.6 Å². The molecule has 1 fully saturated rings. The van der Waals surface area contributed by atoms with Gasteiger partial charge >= 0.3 is 0 Å². The van der Waals surface area contributed by atoms with Crippen LogP contribution < -0.4 is 5.32 Å². The van der Waals surface area contributed by atoms with Gasteiger partial charge in [-0.05, 0) is 43.6 Å². The molecular weight excluding hydrogens is 254 g/mol. The Bertz CT molecular complexity index is 246. The van der Waals surface area contributed by atoms with Crippen molar-refractivity contribution in [2.75, 3.05) is 6.54 Å². The van der Waals surface area contributed by atoms with Crippen molar-refractivity contribution in [2.24, 2.45) is 11.3 Å². The lowest BCUT2D eigenvalue weighted by molar-refractivity contribution is 0.0935. The summed E-state index contributed by atoms with van der Waals surface area (Å²) >= 11 is 0. The molecule has 2 atom stereocenters. The molecule has 0 aromatic rings. The second-order valence-corrected chi connectivity index (χ2v) is 7.96. The number of hydrogen-bond acceptors (Lipinski definition) is 1. The highest BCUT2D eigenvalue weighted by Crippen LogP contribution is 2.43. The lowest BCUT2D eigenvalue weighted by atomic mass is 9.65. The van der Waals surface area contributed by atoms with Gasteiger partial charge in [0.1, 0.15) is 0 Å². The first-order valence-electron chi connectivity index (χ1n) is 9.85. The lowest BCUT2D eigenvalue weighted by Gasteiger charge is -2.44. The maximum absolute atomic E-state index is 3.90. The van der Waals surface area contributed by atoms with Crippen molar-refractivity contribution in [3.63, 3.8) is 0 Å². The summed E-state index contributed by atoms with van der Waals surface area (Å²) in [5.41, 5.74) is 0.547. The van der Waals surface area contributed by atoms with Crippen LogP contribution in [0.1, 0.15) is 105 Å². The van der Waals surface area contributed by atoms with Gasteiger partial charge in [-0.3, -0.25) is 0 Å². The van der Waals surface area contributed by atoms with Crippen LogP contribution in [0, 0.1) is 11.3 Å². The number of hydrogen-bond donors (Lipinski definition) is 1. The summed E-state index contributed by atoms with van der Waals surface area (Å²) in [7, 11) is 0. The van der Waals surface area contributed by atoms with Gasteiger partial charge in [0.15, 0.2) is 0 Å². The molecule has 126 valence electrons. The smallest absolute Gasteiger partial charge is 0.0100 e. The Morgan fingerprint density at radius 1 is 0.952 bits per heavy atom. The van der Waals surface area contributed by atoms with E-state index in [-0.39, 0.29) is 0 Å². The first-order valence-corrected chi connectivity index (χ1v) is 9.85. The molecule has 1 rings (SSSR count). The molecule has 0 spiro atoms. The summed E-state index contributed by atoms with van der Waals surface area (Å²) in [5, 5.41) is 3.90. The molecule has 2 unspecified atom stereocenters. The van der Waals surface area contributed by atoms with Gasteiger partial charge < -0.3 is 5.32 Å². The first kappa shape index (κ1) is 19.0. The topological polar surface area (TPSA) is 12.0 Å². The molecule has 1 aliphatic carbocycles. The third kappa shape index (κ3) is 7.17. The van der Waals surface area contributed by atoms with E-state index in [1.54, 1.807) is 0 Å². The zero-order chi connectivity index (χ0) is 15.6. The fourth-order valence-corrected chi connectivity index (χ4v) is 4.19. The Kier molecular flexibility index (Phi) is 9.64. The van der Waals surface area contributed by atoms with Crippen molar-refractivity contribution in [3.8, 4) is 0 Å². The van der Waals surface area contributed by atoms with Gasteiger partial charge in [-0.15, -0.1) is 0 Å². The SMILES string of the molecule is CCCCCCCCC(NCCC)C1CCCCC1(C)C. The molecule has 0 radical (unpaired) electrons. The van der Waals surface area contributed by atoms with Gasteiger partial charge in [0, 0.05) is 6.04 Å². The highest BCUT2D eigenvalue weighted by Gasteiger charge is 2.36. The summed E-state index contributed by atoms with van der Waals surface area (Å²) in [4.78, 5) is 0. The van der Waals surface area contributed by atoms with Crippen LogP contribution in [0.3, 0.4) is 0 Å². The fourth-order valence-electron chi connectivity index (χ4n) is 4.19. The van der Waals surface area contributed by atoms with E-state index < -0.39 is 0 Å². The fraction of sp³-hybridized carbons (Fsp3) is 1.00. The van der Waals surface area contributed by atoms with Gasteiger partial charge in [0.05, 0.1) is 0 Å². The summed E-state index contributed by atoms with van der Waals surface area (Å²) in [5.74, 6) is 0.897. The summed E-state index contributed by atoms with van der Waals surface area (Å²) < 4.78 is 0. The summed E-state index contributed by atoms with van der Waals surface area (Å²) in [6.07, 6.45) is 17.0. The molecule has 0 amide bonds. The van der Waals surface area contributed by atoms with Crippen molar-refractivity contribution >= 4 is 0 Å². The van der Waals surface area contributed by atoms with Gasteiger partial charge in [-0.1, -0.05) is 79.1 Å². The van der Waals surface area contributed by atoms with E-state index in [0.29, 0.717) is 5.41 Å². The van der Waals surface area contributed by atoms with Crippen molar-refractivity contribution in [1.29, 1.82) is 0 Å². The van der Waals surface area contributed by atoms with E-state index in [2.05, 4.69) is 33.0 Å². The van der Waals surface area contributed by atoms with E-state index in [1.807, 2.05) is 0 Å². The van der Waals surface area contributed by atoms with Crippen LogP contribution in [0.2, 0.25) is 0 Å². The molecule has 21 heavy (non-hydrogen) atoms. The average molecular weight is 296 g/mol. The van der Waals surface area contributed by atoms with Crippen LogP contribution in [0.5, 0.6) is 0 Å². The van der Waals surface area contributed by atoms with Gasteiger partial charge in [-0.2, -0.15) is 0 Å². The molecule has 1 aliphatic rings. The second kappa shape index (κ2) is 10.6. The number of nitrogens with one attached hydrogen (secondary N) is 1. The van der Waals surface area contributed by atoms with E-state index >= 15 is 0 Å². The average Bonchev–Trinajstić information content (AvgIpc) is 2.46. The van der Waals surface area contributed by atoms with Gasteiger partial charge in [-0.25, -0.2) is 0 Å². The first-order chi connectivity index (χ1) is 10.1. The maximum atomic E-state index is 3.90. The molecule has 1 nitrogen and oxygen atoms in total. The van der Waals surface area contributed by atoms with Crippen molar-refractivity contribution in [3.05, 3.63) is 0 Å². The Morgan fingerprint density at radius 3 is 2.33 bits per heavy atom. The highest BCUT2D eigenvalue weighted by molar-refractivity contribution is 4.90. The minimum atomic E-state index is 0.547. The van der Waals surface area contributed by atoms with Gasteiger partial charge in [0.2, 0.25) is 0 Å². The minimum Gasteiger partial charge on any atom is -0.314 e. The predicted octanol–water partition coefficient (Wildman–Crippen LogP) is 6.32. The molecule has 1 N–H and O–H groups in total. The lowest BCUT2D eigenvalue weighted by Crippen LogP contribution is -2.45. The van der Waals surface area contributed by atoms with Crippen LogP contribution in [0.25, 0.3) is 0 Å². The Labute approximate surface area is 134 Å². The third-order valence-corrected chi connectivity index (χ3v) is 5.60. The summed E-state index contributed by atoms with van der Waals surface area (Å²) in [6, 6.07) is 0.770. The Balaban J connectivity index is 2.39. The Hall–Kier alpha value is -0.0400. The molecule has 0 aromatic carbocycles. The molecule has 1 saturated carbocycles.